The summed E-state index contributed by atoms with van der Waals surface area (Å²) in [6.07, 6.45) is 2.73. The molecule has 0 spiro atoms. The highest BCUT2D eigenvalue weighted by atomic mass is 16.5. The molecule has 0 saturated carbocycles. The van der Waals surface area contributed by atoms with Crippen LogP contribution >= 0.6 is 0 Å². The van der Waals surface area contributed by atoms with Crippen LogP contribution in [-0.4, -0.2) is 47.7 Å². The molecule has 5 heteroatoms. The molecule has 0 aromatic rings. The van der Waals surface area contributed by atoms with Crippen molar-refractivity contribution in [3.63, 3.8) is 0 Å². The lowest BCUT2D eigenvalue weighted by molar-refractivity contribution is -0.155. The molecule has 0 aromatic heterocycles. The van der Waals surface area contributed by atoms with Gasteiger partial charge < -0.3 is 14.7 Å². The Morgan fingerprint density at radius 2 is 2.15 bits per heavy atom. The molecule has 0 bridgehead atoms. The van der Waals surface area contributed by atoms with E-state index in [1.807, 2.05) is 25.7 Å². The molecule has 3 atom stereocenters. The molecule has 3 unspecified atom stereocenters. The molecular weight excluding hydrogens is 258 g/mol. The summed E-state index contributed by atoms with van der Waals surface area (Å²) in [5.41, 5.74) is -0.766. The first-order valence-electron chi connectivity index (χ1n) is 7.40. The Morgan fingerprint density at radius 1 is 1.50 bits per heavy atom. The predicted octanol–water partition coefficient (Wildman–Crippen LogP) is 2.15. The predicted molar refractivity (Wildman–Crippen MR) is 76.4 cm³/mol. The van der Waals surface area contributed by atoms with Crippen molar-refractivity contribution in [1.82, 2.24) is 4.90 Å². The molecule has 1 fully saturated rings. The zero-order valence-electron chi connectivity index (χ0n) is 13.0. The number of hydrogen-bond donors (Lipinski definition) is 1. The van der Waals surface area contributed by atoms with Crippen molar-refractivity contribution in [3.8, 4) is 0 Å². The van der Waals surface area contributed by atoms with Crippen LogP contribution in [0.15, 0.2) is 0 Å². The van der Waals surface area contributed by atoms with E-state index in [1.165, 1.54) is 0 Å². The third kappa shape index (κ3) is 3.95. The maximum absolute atomic E-state index is 12.6. The maximum Gasteiger partial charge on any atom is 0.303 e. The summed E-state index contributed by atoms with van der Waals surface area (Å²) in [5, 5.41) is 8.89. The smallest absolute Gasteiger partial charge is 0.303 e. The van der Waals surface area contributed by atoms with Crippen molar-refractivity contribution < 1.29 is 19.4 Å². The molecule has 20 heavy (non-hydrogen) atoms. The number of aliphatic carboxylic acids is 1. The number of hydrogen-bond acceptors (Lipinski definition) is 3. The Bertz CT molecular complexity index is 352. The van der Waals surface area contributed by atoms with Crippen LogP contribution in [-0.2, 0) is 14.3 Å². The zero-order valence-corrected chi connectivity index (χ0v) is 13.0. The van der Waals surface area contributed by atoms with Gasteiger partial charge in [-0.05, 0) is 38.0 Å². The number of nitrogens with zero attached hydrogens (tertiary/aromatic N) is 1. The molecule has 0 aliphatic carbocycles. The van der Waals surface area contributed by atoms with Crippen LogP contribution in [0.1, 0.15) is 46.5 Å². The summed E-state index contributed by atoms with van der Waals surface area (Å²) < 4.78 is 5.38. The highest BCUT2D eigenvalue weighted by Crippen LogP contribution is 2.28. The van der Waals surface area contributed by atoms with E-state index in [-0.39, 0.29) is 24.2 Å². The number of amides is 1. The van der Waals surface area contributed by atoms with E-state index in [1.54, 1.807) is 7.11 Å². The highest BCUT2D eigenvalue weighted by molar-refractivity contribution is 5.85. The van der Waals surface area contributed by atoms with E-state index >= 15 is 0 Å². The number of carboxylic acids is 1. The fourth-order valence-corrected chi connectivity index (χ4v) is 2.82. The topological polar surface area (TPSA) is 66.8 Å². The molecule has 1 aliphatic heterocycles. The maximum atomic E-state index is 12.6. The largest absolute Gasteiger partial charge is 0.481 e. The van der Waals surface area contributed by atoms with Gasteiger partial charge in [0.1, 0.15) is 5.60 Å². The van der Waals surface area contributed by atoms with Crippen LogP contribution in [0.4, 0.5) is 0 Å². The van der Waals surface area contributed by atoms with Crippen LogP contribution in [0.3, 0.4) is 0 Å². The minimum atomic E-state index is -0.767. The van der Waals surface area contributed by atoms with E-state index in [9.17, 15) is 9.59 Å². The minimum Gasteiger partial charge on any atom is -0.481 e. The quantitative estimate of drug-likeness (QED) is 0.812. The van der Waals surface area contributed by atoms with Crippen molar-refractivity contribution in [1.29, 1.82) is 0 Å². The number of ether oxygens (including phenoxy) is 1. The summed E-state index contributed by atoms with van der Waals surface area (Å²) in [4.78, 5) is 25.2. The van der Waals surface area contributed by atoms with Crippen molar-refractivity contribution in [3.05, 3.63) is 0 Å². The summed E-state index contributed by atoms with van der Waals surface area (Å²) >= 11 is 0. The summed E-state index contributed by atoms with van der Waals surface area (Å²) in [5.74, 6) is -0.383. The molecule has 0 aromatic carbocycles. The van der Waals surface area contributed by atoms with Gasteiger partial charge in [0.2, 0.25) is 0 Å². The van der Waals surface area contributed by atoms with Gasteiger partial charge in [-0.25, -0.2) is 0 Å². The second kappa shape index (κ2) is 7.07. The molecule has 1 saturated heterocycles. The molecule has 1 aliphatic rings. The number of methoxy groups -OCH3 is 1. The molecule has 1 amide bonds. The fraction of sp³-hybridized carbons (Fsp3) is 0.867. The van der Waals surface area contributed by atoms with Crippen LogP contribution < -0.4 is 0 Å². The Labute approximate surface area is 121 Å². The van der Waals surface area contributed by atoms with Gasteiger partial charge in [0.15, 0.2) is 0 Å². The lowest BCUT2D eigenvalue weighted by Crippen LogP contribution is -2.52. The van der Waals surface area contributed by atoms with Gasteiger partial charge in [-0.2, -0.15) is 0 Å². The van der Waals surface area contributed by atoms with Crippen LogP contribution in [0, 0.1) is 11.8 Å². The SMILES string of the molecule is CCC(C)(OC)C(=O)N1CCCC(C(C)CC(=O)O)C1. The second-order valence-corrected chi connectivity index (χ2v) is 6.02. The number of carboxylic acid groups (broad SMARTS) is 1. The molecule has 1 rings (SSSR count). The first-order chi connectivity index (χ1) is 9.34. The highest BCUT2D eigenvalue weighted by Gasteiger charge is 2.37. The number of rotatable bonds is 6. The van der Waals surface area contributed by atoms with E-state index in [0.29, 0.717) is 13.0 Å². The molecule has 116 valence electrons. The Kier molecular flexibility index (Phi) is 5.99. The van der Waals surface area contributed by atoms with Gasteiger partial charge >= 0.3 is 5.97 Å². The molecule has 0 radical (unpaired) electrons. The molecule has 1 heterocycles. The summed E-state index contributed by atoms with van der Waals surface area (Å²) in [6.45, 7) is 7.11. The van der Waals surface area contributed by atoms with Crippen molar-refractivity contribution in [2.45, 2.75) is 52.1 Å². The summed E-state index contributed by atoms with van der Waals surface area (Å²) in [7, 11) is 1.57. The molecular formula is C15H27NO4. The number of piperidine rings is 1. The number of carbonyl (C=O) groups is 2. The van der Waals surface area contributed by atoms with Gasteiger partial charge in [-0.15, -0.1) is 0 Å². The Balaban J connectivity index is 2.69. The second-order valence-electron chi connectivity index (χ2n) is 6.02. The average Bonchev–Trinajstić information content (AvgIpc) is 2.45. The van der Waals surface area contributed by atoms with Gasteiger partial charge in [-0.1, -0.05) is 13.8 Å². The van der Waals surface area contributed by atoms with Crippen LogP contribution in [0.5, 0.6) is 0 Å². The summed E-state index contributed by atoms with van der Waals surface area (Å²) in [6, 6.07) is 0. The van der Waals surface area contributed by atoms with Crippen molar-refractivity contribution in [2.75, 3.05) is 20.2 Å². The van der Waals surface area contributed by atoms with E-state index in [4.69, 9.17) is 9.84 Å². The van der Waals surface area contributed by atoms with Gasteiger partial charge in [0.05, 0.1) is 0 Å². The Hall–Kier alpha value is -1.10. The first-order valence-corrected chi connectivity index (χ1v) is 7.40. The lowest BCUT2D eigenvalue weighted by atomic mass is 9.84. The number of likely N-dealkylation sites (tertiary alicyclic amines) is 1. The monoisotopic (exact) mass is 285 g/mol. The zero-order chi connectivity index (χ0) is 15.3. The van der Waals surface area contributed by atoms with Crippen molar-refractivity contribution in [2.24, 2.45) is 11.8 Å². The van der Waals surface area contributed by atoms with E-state index in [0.717, 1.165) is 19.4 Å². The minimum absolute atomic E-state index is 0.0229. The average molecular weight is 285 g/mol. The van der Waals surface area contributed by atoms with Crippen LogP contribution in [0.2, 0.25) is 0 Å². The normalized spacial score (nSPS) is 24.0. The number of carbonyl (C=O) groups excluding carboxylic acids is 1. The van der Waals surface area contributed by atoms with Gasteiger partial charge in [-0.3, -0.25) is 9.59 Å². The fourth-order valence-electron chi connectivity index (χ4n) is 2.82. The molecule has 5 nitrogen and oxygen atoms in total. The standard InChI is InChI=1S/C15H27NO4/c1-5-15(3,20-4)14(19)16-8-6-7-12(10-16)11(2)9-13(17)18/h11-12H,5-10H2,1-4H3,(H,17,18). The Morgan fingerprint density at radius 3 is 2.65 bits per heavy atom. The van der Waals surface area contributed by atoms with E-state index in [2.05, 4.69) is 0 Å². The lowest BCUT2D eigenvalue weighted by Gasteiger charge is -2.39. The first kappa shape index (κ1) is 17.0. The van der Waals surface area contributed by atoms with Gasteiger partial charge in [0, 0.05) is 26.6 Å². The third-order valence-electron chi connectivity index (χ3n) is 4.62. The van der Waals surface area contributed by atoms with Crippen LogP contribution in [0.25, 0.3) is 0 Å². The van der Waals surface area contributed by atoms with Crippen molar-refractivity contribution >= 4 is 11.9 Å². The van der Waals surface area contributed by atoms with Gasteiger partial charge in [0.25, 0.3) is 5.91 Å². The van der Waals surface area contributed by atoms with E-state index < -0.39 is 11.6 Å². The molecule has 1 N–H and O–H groups in total. The third-order valence-corrected chi connectivity index (χ3v) is 4.62.